The molecule has 1 atom stereocenters. The average Bonchev–Trinajstić information content (AvgIpc) is 3.20. The van der Waals surface area contributed by atoms with Crippen LogP contribution in [0.1, 0.15) is 30.0 Å². The highest BCUT2D eigenvalue weighted by Gasteiger charge is 2.26. The van der Waals surface area contributed by atoms with Gasteiger partial charge in [0.15, 0.2) is 0 Å². The molecule has 1 unspecified atom stereocenters. The largest absolute Gasteiger partial charge is 0.497 e. The highest BCUT2D eigenvalue weighted by Crippen LogP contribution is 2.27. The first-order valence-electron chi connectivity index (χ1n) is 9.54. The molecule has 0 spiro atoms. The van der Waals surface area contributed by atoms with Gasteiger partial charge in [0.25, 0.3) is 0 Å². The third-order valence-electron chi connectivity index (χ3n) is 5.37. The predicted molar refractivity (Wildman–Crippen MR) is 109 cm³/mol. The molecule has 0 aromatic heterocycles. The lowest BCUT2D eigenvalue weighted by atomic mass is 10.0. The first kappa shape index (κ1) is 19.2. The van der Waals surface area contributed by atoms with Crippen molar-refractivity contribution in [3.63, 3.8) is 0 Å². The highest BCUT2D eigenvalue weighted by molar-refractivity contribution is 5.80. The molecule has 144 valence electrons. The first-order chi connectivity index (χ1) is 13.1. The zero-order chi connectivity index (χ0) is 19.2. The van der Waals surface area contributed by atoms with Crippen LogP contribution in [0.5, 0.6) is 5.75 Å². The summed E-state index contributed by atoms with van der Waals surface area (Å²) in [7, 11) is 3.56. The monoisotopic (exact) mass is 367 g/mol. The molecule has 5 nitrogen and oxygen atoms in total. The number of carbonyl (C=O) groups excluding carboxylic acids is 1. The van der Waals surface area contributed by atoms with Crippen molar-refractivity contribution >= 4 is 11.6 Å². The van der Waals surface area contributed by atoms with Crippen molar-refractivity contribution in [3.05, 3.63) is 59.7 Å². The molecule has 0 aliphatic carbocycles. The number of carbonyl (C=O) groups is 1. The fourth-order valence-corrected chi connectivity index (χ4v) is 3.67. The lowest BCUT2D eigenvalue weighted by Gasteiger charge is -2.32. The summed E-state index contributed by atoms with van der Waals surface area (Å²) in [5.74, 6) is 0.881. The van der Waals surface area contributed by atoms with E-state index in [0.29, 0.717) is 12.1 Å². The Kier molecular flexibility index (Phi) is 6.35. The fraction of sp³-hybridized carbons (Fsp3) is 0.409. The Hall–Kier alpha value is -2.53. The molecule has 1 aliphatic heterocycles. The second-order valence-corrected chi connectivity index (χ2v) is 7.18. The van der Waals surface area contributed by atoms with Crippen molar-refractivity contribution in [1.82, 2.24) is 9.80 Å². The zero-order valence-corrected chi connectivity index (χ0v) is 16.2. The summed E-state index contributed by atoms with van der Waals surface area (Å²) in [6.45, 7) is 3.02. The molecule has 0 radical (unpaired) electrons. The Bertz CT molecular complexity index is 772. The first-order valence-corrected chi connectivity index (χ1v) is 9.54. The minimum absolute atomic E-state index is 0.0179. The number of likely N-dealkylation sites (tertiary alicyclic amines) is 1. The lowest BCUT2D eigenvalue weighted by molar-refractivity contribution is -0.131. The smallest absolute Gasteiger partial charge is 0.227 e. The van der Waals surface area contributed by atoms with Gasteiger partial charge in [-0.25, -0.2) is 0 Å². The number of nitrogens with zero attached hydrogens (tertiary/aromatic N) is 2. The van der Waals surface area contributed by atoms with E-state index in [0.717, 1.165) is 36.5 Å². The Morgan fingerprint density at radius 2 is 1.93 bits per heavy atom. The number of hydrogen-bond donors (Lipinski definition) is 1. The van der Waals surface area contributed by atoms with Crippen LogP contribution in [-0.2, 0) is 11.2 Å². The zero-order valence-electron chi connectivity index (χ0n) is 16.2. The van der Waals surface area contributed by atoms with Gasteiger partial charge in [0.05, 0.1) is 19.6 Å². The second-order valence-electron chi connectivity index (χ2n) is 7.18. The molecule has 27 heavy (non-hydrogen) atoms. The van der Waals surface area contributed by atoms with E-state index in [1.165, 1.54) is 12.8 Å². The fourth-order valence-electron chi connectivity index (χ4n) is 3.67. The topological polar surface area (TPSA) is 58.8 Å². The molecule has 1 amide bonds. The van der Waals surface area contributed by atoms with Crippen molar-refractivity contribution in [1.29, 1.82) is 0 Å². The van der Waals surface area contributed by atoms with Crippen molar-refractivity contribution in [3.8, 4) is 5.75 Å². The van der Waals surface area contributed by atoms with Crippen LogP contribution in [0.2, 0.25) is 0 Å². The van der Waals surface area contributed by atoms with Crippen LogP contribution in [-0.4, -0.2) is 49.5 Å². The summed E-state index contributed by atoms with van der Waals surface area (Å²) in [6, 6.07) is 15.6. The van der Waals surface area contributed by atoms with Crippen LogP contribution in [0.3, 0.4) is 0 Å². The molecule has 2 N–H and O–H groups in total. The summed E-state index contributed by atoms with van der Waals surface area (Å²) in [6.07, 6.45) is 2.76. The van der Waals surface area contributed by atoms with Crippen LogP contribution in [0, 0.1) is 0 Å². The van der Waals surface area contributed by atoms with Crippen LogP contribution in [0.25, 0.3) is 0 Å². The number of anilines is 1. The third kappa shape index (κ3) is 4.80. The Balaban J connectivity index is 1.81. The molecule has 1 fully saturated rings. The summed E-state index contributed by atoms with van der Waals surface area (Å²) in [5.41, 5.74) is 8.66. The number of nitrogen functional groups attached to an aromatic ring is 1. The third-order valence-corrected chi connectivity index (χ3v) is 5.37. The van der Waals surface area contributed by atoms with E-state index in [9.17, 15) is 4.79 Å². The maximum Gasteiger partial charge on any atom is 0.227 e. The van der Waals surface area contributed by atoms with E-state index in [2.05, 4.69) is 11.0 Å². The van der Waals surface area contributed by atoms with E-state index >= 15 is 0 Å². The lowest BCUT2D eigenvalue weighted by Crippen LogP contribution is -2.39. The summed E-state index contributed by atoms with van der Waals surface area (Å²) < 4.78 is 5.39. The normalized spacial score (nSPS) is 15.5. The van der Waals surface area contributed by atoms with E-state index in [4.69, 9.17) is 10.5 Å². The number of hydrogen-bond acceptors (Lipinski definition) is 4. The molecule has 0 saturated carbocycles. The van der Waals surface area contributed by atoms with Crippen molar-refractivity contribution in [2.45, 2.75) is 25.3 Å². The van der Waals surface area contributed by atoms with Crippen LogP contribution >= 0.6 is 0 Å². The maximum atomic E-state index is 13.0. The van der Waals surface area contributed by atoms with Crippen molar-refractivity contribution < 1.29 is 9.53 Å². The molecule has 5 heteroatoms. The van der Waals surface area contributed by atoms with E-state index in [1.807, 2.05) is 54.4 Å². The van der Waals surface area contributed by atoms with Crippen LogP contribution < -0.4 is 10.5 Å². The van der Waals surface area contributed by atoms with Crippen molar-refractivity contribution in [2.24, 2.45) is 0 Å². The van der Waals surface area contributed by atoms with E-state index in [-0.39, 0.29) is 11.9 Å². The van der Waals surface area contributed by atoms with Gasteiger partial charge in [0, 0.05) is 19.3 Å². The maximum absolute atomic E-state index is 13.0. The number of ether oxygens (including phenoxy) is 1. The highest BCUT2D eigenvalue weighted by atomic mass is 16.5. The van der Waals surface area contributed by atoms with Gasteiger partial charge in [0.2, 0.25) is 5.91 Å². The number of benzene rings is 2. The molecule has 1 saturated heterocycles. The van der Waals surface area contributed by atoms with E-state index in [1.54, 1.807) is 7.11 Å². The quantitative estimate of drug-likeness (QED) is 0.764. The molecule has 0 bridgehead atoms. The molecular formula is C22H29N3O2. The molecule has 2 aromatic carbocycles. The summed E-state index contributed by atoms with van der Waals surface area (Å²) in [4.78, 5) is 17.3. The molecule has 2 aromatic rings. The van der Waals surface area contributed by atoms with Gasteiger partial charge in [-0.15, -0.1) is 0 Å². The number of nitrogens with two attached hydrogens (primary N) is 1. The van der Waals surface area contributed by atoms with Crippen LogP contribution in [0.15, 0.2) is 48.5 Å². The van der Waals surface area contributed by atoms with Gasteiger partial charge >= 0.3 is 0 Å². The average molecular weight is 367 g/mol. The number of rotatable bonds is 7. The predicted octanol–water partition coefficient (Wildman–Crippen LogP) is 3.12. The van der Waals surface area contributed by atoms with Gasteiger partial charge < -0.3 is 20.3 Å². The van der Waals surface area contributed by atoms with Gasteiger partial charge in [-0.3, -0.25) is 4.79 Å². The Labute approximate surface area is 161 Å². The minimum atomic E-state index is -0.0179. The standard InChI is InChI=1S/C22H29N3O2/c1-24(22(26)15-17-8-3-4-11-20(17)23)21(16-25-12-5-6-13-25)18-9-7-10-19(14-18)27-2/h3-4,7-11,14,21H,5-6,12-13,15-16,23H2,1-2H3. The Morgan fingerprint density at radius 1 is 1.19 bits per heavy atom. The molecule has 1 heterocycles. The minimum Gasteiger partial charge on any atom is -0.497 e. The molecular weight excluding hydrogens is 338 g/mol. The molecule has 1 aliphatic rings. The van der Waals surface area contributed by atoms with E-state index < -0.39 is 0 Å². The number of para-hydroxylation sites is 1. The molecule has 3 rings (SSSR count). The van der Waals surface area contributed by atoms with Crippen molar-refractivity contribution in [2.75, 3.05) is 39.5 Å². The number of methoxy groups -OCH3 is 1. The van der Waals surface area contributed by atoms with Gasteiger partial charge in [-0.1, -0.05) is 30.3 Å². The second kappa shape index (κ2) is 8.91. The van der Waals surface area contributed by atoms with Crippen LogP contribution in [0.4, 0.5) is 5.69 Å². The van der Waals surface area contributed by atoms with Gasteiger partial charge in [-0.05, 0) is 55.3 Å². The summed E-state index contributed by atoms with van der Waals surface area (Å²) in [5, 5.41) is 0. The summed E-state index contributed by atoms with van der Waals surface area (Å²) >= 11 is 0. The Morgan fingerprint density at radius 3 is 2.63 bits per heavy atom. The van der Waals surface area contributed by atoms with Gasteiger partial charge in [-0.2, -0.15) is 0 Å². The number of amides is 1. The number of likely N-dealkylation sites (N-methyl/N-ethyl adjacent to an activating group) is 1. The SMILES string of the molecule is COc1cccc(C(CN2CCCC2)N(C)C(=O)Cc2ccccc2N)c1. The van der Waals surface area contributed by atoms with Gasteiger partial charge in [0.1, 0.15) is 5.75 Å².